The molecule has 2 aromatic heterocycles. The third-order valence-electron chi connectivity index (χ3n) is 2.37. The van der Waals surface area contributed by atoms with Crippen molar-refractivity contribution in [3.63, 3.8) is 0 Å². The normalized spacial score (nSPS) is 11.2. The maximum absolute atomic E-state index is 4.59. The summed E-state index contributed by atoms with van der Waals surface area (Å²) in [7, 11) is 0. The monoisotopic (exact) mass is 371 g/mol. The second-order valence-electron chi connectivity index (χ2n) is 3.57. The van der Waals surface area contributed by atoms with E-state index in [0.717, 1.165) is 30.3 Å². The molecule has 1 aromatic carbocycles. The Bertz CT molecular complexity index is 685. The quantitative estimate of drug-likeness (QED) is 0.637. The Kier molecular flexibility index (Phi) is 2.80. The summed E-state index contributed by atoms with van der Waals surface area (Å²) in [4.78, 5) is 5.50. The Morgan fingerprint density at radius 3 is 2.53 bits per heavy atom. The molecule has 3 rings (SSSR count). The molecule has 0 unspecified atom stereocenters. The van der Waals surface area contributed by atoms with Crippen LogP contribution in [0, 0.1) is 6.92 Å². The molecular formula is C11H7Br2N3S. The molecule has 0 aliphatic rings. The van der Waals surface area contributed by atoms with E-state index in [0.29, 0.717) is 0 Å². The average Bonchev–Trinajstić information content (AvgIpc) is 2.79. The van der Waals surface area contributed by atoms with Crippen molar-refractivity contribution >= 4 is 48.2 Å². The number of imidazole rings is 1. The molecule has 3 nitrogen and oxygen atoms in total. The largest absolute Gasteiger partial charge is 0.216 e. The van der Waals surface area contributed by atoms with E-state index in [-0.39, 0.29) is 0 Å². The highest BCUT2D eigenvalue weighted by molar-refractivity contribution is 9.10. The van der Waals surface area contributed by atoms with Gasteiger partial charge in [-0.15, -0.1) is 0 Å². The standard InChI is InChI=1S/C11H7Br2N3S/c1-6-15-16-10(13)9(14-11(16)17-6)7-2-4-8(12)5-3-7/h2-5H,1H3. The zero-order chi connectivity index (χ0) is 12.0. The molecule has 0 aliphatic carbocycles. The van der Waals surface area contributed by atoms with E-state index in [1.807, 2.05) is 35.7 Å². The van der Waals surface area contributed by atoms with Gasteiger partial charge in [0.25, 0.3) is 0 Å². The highest BCUT2D eigenvalue weighted by atomic mass is 79.9. The molecule has 0 fully saturated rings. The highest BCUT2D eigenvalue weighted by Crippen LogP contribution is 2.31. The summed E-state index contributed by atoms with van der Waals surface area (Å²) in [6.07, 6.45) is 0. The molecule has 2 heterocycles. The van der Waals surface area contributed by atoms with Crippen LogP contribution in [0.5, 0.6) is 0 Å². The first-order valence-corrected chi connectivity index (χ1v) is 7.33. The first-order chi connectivity index (χ1) is 8.15. The summed E-state index contributed by atoms with van der Waals surface area (Å²) in [6.45, 7) is 1.98. The van der Waals surface area contributed by atoms with Crippen molar-refractivity contribution in [1.29, 1.82) is 0 Å². The Labute approximate surface area is 119 Å². The van der Waals surface area contributed by atoms with Crippen LogP contribution in [-0.4, -0.2) is 14.6 Å². The van der Waals surface area contributed by atoms with Gasteiger partial charge in [0.05, 0.1) is 0 Å². The van der Waals surface area contributed by atoms with Crippen molar-refractivity contribution in [3.05, 3.63) is 38.3 Å². The lowest BCUT2D eigenvalue weighted by Gasteiger charge is -1.97. The molecule has 0 amide bonds. The van der Waals surface area contributed by atoms with Gasteiger partial charge in [-0.3, -0.25) is 0 Å². The molecule has 0 radical (unpaired) electrons. The fraction of sp³-hybridized carbons (Fsp3) is 0.0909. The molecule has 0 atom stereocenters. The molecule has 0 bridgehead atoms. The van der Waals surface area contributed by atoms with Gasteiger partial charge in [-0.05, 0) is 35.0 Å². The van der Waals surface area contributed by atoms with Crippen LogP contribution in [0.4, 0.5) is 0 Å². The Hall–Kier alpha value is -0.720. The van der Waals surface area contributed by atoms with Crippen molar-refractivity contribution in [3.8, 4) is 11.3 Å². The molecule has 0 saturated heterocycles. The van der Waals surface area contributed by atoms with Crippen molar-refractivity contribution in [1.82, 2.24) is 14.6 Å². The lowest BCUT2D eigenvalue weighted by Crippen LogP contribution is -1.85. The molecule has 86 valence electrons. The number of nitrogens with zero attached hydrogens (tertiary/aromatic N) is 3. The molecule has 6 heteroatoms. The summed E-state index contributed by atoms with van der Waals surface area (Å²) < 4.78 is 3.80. The molecule has 0 N–H and O–H groups in total. The molecule has 17 heavy (non-hydrogen) atoms. The summed E-state index contributed by atoms with van der Waals surface area (Å²) >= 11 is 8.57. The molecule has 3 aromatic rings. The van der Waals surface area contributed by atoms with Gasteiger partial charge in [0, 0.05) is 10.0 Å². The van der Waals surface area contributed by atoms with E-state index < -0.39 is 0 Å². The number of benzene rings is 1. The third kappa shape index (κ3) is 1.94. The fourth-order valence-corrected chi connectivity index (χ4v) is 3.30. The molecular weight excluding hydrogens is 366 g/mol. The first-order valence-electron chi connectivity index (χ1n) is 4.93. The summed E-state index contributed by atoms with van der Waals surface area (Å²) in [5.74, 6) is 0. The van der Waals surface area contributed by atoms with Gasteiger partial charge < -0.3 is 0 Å². The van der Waals surface area contributed by atoms with Crippen molar-refractivity contribution < 1.29 is 0 Å². The summed E-state index contributed by atoms with van der Waals surface area (Å²) in [6, 6.07) is 8.09. The SMILES string of the molecule is Cc1nn2c(Br)c(-c3ccc(Br)cc3)nc2s1. The number of hydrogen-bond donors (Lipinski definition) is 0. The van der Waals surface area contributed by atoms with Crippen molar-refractivity contribution in [2.75, 3.05) is 0 Å². The lowest BCUT2D eigenvalue weighted by atomic mass is 10.2. The number of fused-ring (bicyclic) bond motifs is 1. The van der Waals surface area contributed by atoms with Gasteiger partial charge in [0.2, 0.25) is 4.96 Å². The molecule has 0 spiro atoms. The Balaban J connectivity index is 2.20. The number of halogens is 2. The van der Waals surface area contributed by atoms with Gasteiger partial charge in [-0.25, -0.2) is 4.98 Å². The summed E-state index contributed by atoms with van der Waals surface area (Å²) in [5.41, 5.74) is 2.01. The van der Waals surface area contributed by atoms with Crippen LogP contribution in [-0.2, 0) is 0 Å². The van der Waals surface area contributed by atoms with Crippen LogP contribution in [0.1, 0.15) is 5.01 Å². The second kappa shape index (κ2) is 4.19. The first kappa shape index (κ1) is 11.4. The Morgan fingerprint density at radius 1 is 1.18 bits per heavy atom. The van der Waals surface area contributed by atoms with Crippen LogP contribution in [0.25, 0.3) is 16.2 Å². The number of aromatic nitrogens is 3. The zero-order valence-corrected chi connectivity index (χ0v) is 12.8. The van der Waals surface area contributed by atoms with E-state index in [1.165, 1.54) is 0 Å². The van der Waals surface area contributed by atoms with Gasteiger partial charge in [-0.2, -0.15) is 9.61 Å². The summed E-state index contributed by atoms with van der Waals surface area (Å²) in [5, 5.41) is 5.40. The smallest absolute Gasteiger partial charge is 0.213 e. The minimum Gasteiger partial charge on any atom is -0.216 e. The molecule has 0 saturated carbocycles. The van der Waals surface area contributed by atoms with Crippen LogP contribution in [0.15, 0.2) is 33.3 Å². The van der Waals surface area contributed by atoms with Gasteiger partial charge in [-0.1, -0.05) is 39.4 Å². The number of rotatable bonds is 1. The maximum atomic E-state index is 4.59. The van der Waals surface area contributed by atoms with E-state index in [1.54, 1.807) is 11.3 Å². The third-order valence-corrected chi connectivity index (χ3v) is 4.43. The number of hydrogen-bond acceptors (Lipinski definition) is 3. The van der Waals surface area contributed by atoms with Gasteiger partial charge in [0.15, 0.2) is 0 Å². The van der Waals surface area contributed by atoms with E-state index in [9.17, 15) is 0 Å². The van der Waals surface area contributed by atoms with Crippen molar-refractivity contribution in [2.24, 2.45) is 0 Å². The van der Waals surface area contributed by atoms with Crippen molar-refractivity contribution in [2.45, 2.75) is 6.92 Å². The topological polar surface area (TPSA) is 30.2 Å². The van der Waals surface area contributed by atoms with Gasteiger partial charge >= 0.3 is 0 Å². The highest BCUT2D eigenvalue weighted by Gasteiger charge is 2.14. The van der Waals surface area contributed by atoms with E-state index in [4.69, 9.17) is 0 Å². The van der Waals surface area contributed by atoms with E-state index >= 15 is 0 Å². The average molecular weight is 373 g/mol. The van der Waals surface area contributed by atoms with Crippen LogP contribution < -0.4 is 0 Å². The van der Waals surface area contributed by atoms with Crippen LogP contribution >= 0.6 is 43.2 Å². The predicted molar refractivity (Wildman–Crippen MR) is 76.4 cm³/mol. The van der Waals surface area contributed by atoms with Crippen LogP contribution in [0.3, 0.4) is 0 Å². The second-order valence-corrected chi connectivity index (χ2v) is 6.40. The van der Waals surface area contributed by atoms with E-state index in [2.05, 4.69) is 41.9 Å². The maximum Gasteiger partial charge on any atom is 0.213 e. The van der Waals surface area contributed by atoms with Crippen LogP contribution in [0.2, 0.25) is 0 Å². The fourth-order valence-electron chi connectivity index (χ4n) is 1.61. The van der Waals surface area contributed by atoms with Gasteiger partial charge in [0.1, 0.15) is 15.3 Å². The Morgan fingerprint density at radius 2 is 1.88 bits per heavy atom. The zero-order valence-electron chi connectivity index (χ0n) is 8.82. The predicted octanol–water partition coefficient (Wildman–Crippen LogP) is 4.29. The minimum absolute atomic E-state index is 0.902. The molecule has 0 aliphatic heterocycles. The minimum atomic E-state index is 0.902. The number of aryl methyl sites for hydroxylation is 1. The lowest BCUT2D eigenvalue weighted by molar-refractivity contribution is 0.926.